The van der Waals surface area contributed by atoms with Gasteiger partial charge in [0.1, 0.15) is 5.78 Å². The molecule has 2 fully saturated rings. The number of nitrogens with two attached hydrogens (primary N) is 1. The second-order valence-corrected chi connectivity index (χ2v) is 4.62. The van der Waals surface area contributed by atoms with Crippen LogP contribution in [0.4, 0.5) is 0 Å². The number of carbonyl (C=O) groups excluding carboxylic acids is 1. The first kappa shape index (κ1) is 10.1. The molecule has 2 aliphatic rings. The number of hydrogen-bond donors (Lipinski definition) is 1. The highest BCUT2D eigenvalue weighted by molar-refractivity contribution is 5.79. The van der Waals surface area contributed by atoms with Gasteiger partial charge in [-0.1, -0.05) is 6.92 Å². The van der Waals surface area contributed by atoms with E-state index in [9.17, 15) is 4.79 Å². The molecule has 3 nitrogen and oxygen atoms in total. The molecule has 1 aliphatic carbocycles. The molecule has 0 bridgehead atoms. The van der Waals surface area contributed by atoms with E-state index in [0.717, 1.165) is 45.2 Å². The first-order valence-corrected chi connectivity index (χ1v) is 5.71. The van der Waals surface area contributed by atoms with Crippen LogP contribution in [-0.2, 0) is 4.79 Å². The zero-order valence-corrected chi connectivity index (χ0v) is 8.96. The zero-order valence-electron chi connectivity index (χ0n) is 8.96. The smallest absolute Gasteiger partial charge is 0.133 e. The lowest BCUT2D eigenvalue weighted by atomic mass is 9.76. The average Bonchev–Trinajstić information content (AvgIpc) is 2.49. The quantitative estimate of drug-likeness (QED) is 0.678. The van der Waals surface area contributed by atoms with Crippen molar-refractivity contribution in [2.24, 2.45) is 5.73 Å². The third-order valence-electron chi connectivity index (χ3n) is 4.09. The summed E-state index contributed by atoms with van der Waals surface area (Å²) in [5, 5.41) is 0. The van der Waals surface area contributed by atoms with Gasteiger partial charge in [-0.2, -0.15) is 0 Å². The molecule has 1 heterocycles. The van der Waals surface area contributed by atoms with Crippen LogP contribution in [0, 0.1) is 0 Å². The van der Waals surface area contributed by atoms with Gasteiger partial charge in [0, 0.05) is 31.0 Å². The molecular weight excluding hydrogens is 176 g/mol. The lowest BCUT2D eigenvalue weighted by molar-refractivity contribution is -0.122. The second kappa shape index (κ2) is 3.63. The van der Waals surface area contributed by atoms with Crippen molar-refractivity contribution < 1.29 is 4.79 Å². The van der Waals surface area contributed by atoms with Crippen molar-refractivity contribution in [2.75, 3.05) is 13.1 Å². The summed E-state index contributed by atoms with van der Waals surface area (Å²) in [7, 11) is 0. The van der Waals surface area contributed by atoms with Crippen molar-refractivity contribution in [2.45, 2.75) is 50.6 Å². The Kier molecular flexibility index (Phi) is 2.62. The highest BCUT2D eigenvalue weighted by Crippen LogP contribution is 2.39. The van der Waals surface area contributed by atoms with Crippen LogP contribution in [0.3, 0.4) is 0 Å². The van der Waals surface area contributed by atoms with Gasteiger partial charge in [0.25, 0.3) is 0 Å². The summed E-state index contributed by atoms with van der Waals surface area (Å²) in [5.41, 5.74) is 6.37. The lowest BCUT2D eigenvalue weighted by Crippen LogP contribution is -2.55. The highest BCUT2D eigenvalue weighted by atomic mass is 16.1. The molecule has 1 saturated heterocycles. The van der Waals surface area contributed by atoms with Gasteiger partial charge in [-0.3, -0.25) is 9.69 Å². The van der Waals surface area contributed by atoms with Gasteiger partial charge in [0.15, 0.2) is 0 Å². The number of ketones is 1. The van der Waals surface area contributed by atoms with Gasteiger partial charge < -0.3 is 5.73 Å². The number of Topliss-reactive ketones (excluding diaryl/α,β-unsaturated/α-hetero) is 1. The molecule has 1 unspecified atom stereocenters. The molecule has 2 N–H and O–H groups in total. The Bertz CT molecular complexity index is 229. The Balaban J connectivity index is 2.15. The molecule has 80 valence electrons. The van der Waals surface area contributed by atoms with Crippen LogP contribution in [0.25, 0.3) is 0 Å². The van der Waals surface area contributed by atoms with E-state index in [2.05, 4.69) is 11.8 Å². The Morgan fingerprint density at radius 1 is 1.50 bits per heavy atom. The standard InChI is InChI=1S/C11H20N2O/c1-2-13-8-5-10(12)11(13)6-3-9(14)4-7-11/h10H,2-8,12H2,1H3. The minimum absolute atomic E-state index is 0.169. The van der Waals surface area contributed by atoms with E-state index in [1.54, 1.807) is 0 Å². The van der Waals surface area contributed by atoms with Crippen LogP contribution >= 0.6 is 0 Å². The van der Waals surface area contributed by atoms with E-state index in [1.807, 2.05) is 0 Å². The molecule has 1 aliphatic heterocycles. The van der Waals surface area contributed by atoms with Crippen LogP contribution in [0.15, 0.2) is 0 Å². The van der Waals surface area contributed by atoms with Crippen molar-refractivity contribution >= 4 is 5.78 Å². The second-order valence-electron chi connectivity index (χ2n) is 4.62. The molecule has 0 amide bonds. The molecule has 0 aromatic heterocycles. The molecule has 1 saturated carbocycles. The summed E-state index contributed by atoms with van der Waals surface area (Å²) in [6.07, 6.45) is 4.55. The Labute approximate surface area is 85.6 Å². The van der Waals surface area contributed by atoms with Gasteiger partial charge in [-0.25, -0.2) is 0 Å². The summed E-state index contributed by atoms with van der Waals surface area (Å²) in [6, 6.07) is 0.288. The van der Waals surface area contributed by atoms with Crippen LogP contribution in [0.5, 0.6) is 0 Å². The Morgan fingerprint density at radius 3 is 2.71 bits per heavy atom. The van der Waals surface area contributed by atoms with Gasteiger partial charge in [-0.05, 0) is 25.8 Å². The van der Waals surface area contributed by atoms with E-state index in [1.165, 1.54) is 0 Å². The first-order valence-electron chi connectivity index (χ1n) is 5.71. The van der Waals surface area contributed by atoms with Crippen molar-refractivity contribution in [1.29, 1.82) is 0 Å². The number of rotatable bonds is 1. The predicted molar refractivity (Wildman–Crippen MR) is 56.0 cm³/mol. The lowest BCUT2D eigenvalue weighted by Gasteiger charge is -2.43. The van der Waals surface area contributed by atoms with Gasteiger partial charge in [0.2, 0.25) is 0 Å². The number of likely N-dealkylation sites (N-methyl/N-ethyl adjacent to an activating group) is 1. The van der Waals surface area contributed by atoms with Crippen molar-refractivity contribution in [3.05, 3.63) is 0 Å². The molecule has 14 heavy (non-hydrogen) atoms. The number of likely N-dealkylation sites (tertiary alicyclic amines) is 1. The molecular formula is C11H20N2O. The summed E-state index contributed by atoms with van der Waals surface area (Å²) in [4.78, 5) is 13.7. The topological polar surface area (TPSA) is 46.3 Å². The van der Waals surface area contributed by atoms with Crippen LogP contribution < -0.4 is 5.73 Å². The minimum Gasteiger partial charge on any atom is -0.326 e. The van der Waals surface area contributed by atoms with Crippen LogP contribution in [0.1, 0.15) is 39.0 Å². The Hall–Kier alpha value is -0.410. The molecule has 2 rings (SSSR count). The van der Waals surface area contributed by atoms with E-state index >= 15 is 0 Å². The highest BCUT2D eigenvalue weighted by Gasteiger charge is 2.47. The third kappa shape index (κ3) is 1.39. The molecule has 1 atom stereocenters. The van der Waals surface area contributed by atoms with E-state index in [0.29, 0.717) is 5.78 Å². The summed E-state index contributed by atoms with van der Waals surface area (Å²) in [6.45, 7) is 4.38. The molecule has 0 radical (unpaired) electrons. The molecule has 0 aromatic rings. The normalized spacial score (nSPS) is 32.7. The first-order chi connectivity index (χ1) is 6.69. The average molecular weight is 196 g/mol. The van der Waals surface area contributed by atoms with Gasteiger partial charge in [-0.15, -0.1) is 0 Å². The maximum Gasteiger partial charge on any atom is 0.133 e. The van der Waals surface area contributed by atoms with E-state index in [4.69, 9.17) is 5.73 Å². The van der Waals surface area contributed by atoms with Crippen LogP contribution in [0.2, 0.25) is 0 Å². The number of hydrogen-bond acceptors (Lipinski definition) is 3. The number of carbonyl (C=O) groups is 1. The van der Waals surface area contributed by atoms with E-state index in [-0.39, 0.29) is 11.6 Å². The van der Waals surface area contributed by atoms with Gasteiger partial charge in [0.05, 0.1) is 0 Å². The monoisotopic (exact) mass is 196 g/mol. The fourth-order valence-corrected chi connectivity index (χ4v) is 3.14. The predicted octanol–water partition coefficient (Wildman–Crippen LogP) is 0.921. The Morgan fingerprint density at radius 2 is 2.14 bits per heavy atom. The largest absolute Gasteiger partial charge is 0.326 e. The van der Waals surface area contributed by atoms with Crippen LogP contribution in [-0.4, -0.2) is 35.4 Å². The summed E-state index contributed by atoms with van der Waals surface area (Å²) < 4.78 is 0. The molecule has 0 aromatic carbocycles. The van der Waals surface area contributed by atoms with Crippen molar-refractivity contribution in [3.63, 3.8) is 0 Å². The van der Waals surface area contributed by atoms with Crippen molar-refractivity contribution in [3.8, 4) is 0 Å². The fraction of sp³-hybridized carbons (Fsp3) is 0.909. The molecule has 3 heteroatoms. The maximum absolute atomic E-state index is 11.2. The fourth-order valence-electron chi connectivity index (χ4n) is 3.14. The maximum atomic E-state index is 11.2. The SMILES string of the molecule is CCN1CCC(N)C12CCC(=O)CC2. The third-order valence-corrected chi connectivity index (χ3v) is 4.09. The summed E-state index contributed by atoms with van der Waals surface area (Å²) in [5.74, 6) is 0.422. The van der Waals surface area contributed by atoms with Gasteiger partial charge >= 0.3 is 0 Å². The summed E-state index contributed by atoms with van der Waals surface area (Å²) >= 11 is 0. The number of nitrogens with zero attached hydrogens (tertiary/aromatic N) is 1. The van der Waals surface area contributed by atoms with E-state index < -0.39 is 0 Å². The zero-order chi connectivity index (χ0) is 10.2. The molecule has 1 spiro atoms. The van der Waals surface area contributed by atoms with Crippen molar-refractivity contribution in [1.82, 2.24) is 4.90 Å². The minimum atomic E-state index is 0.169.